The molecule has 3 aromatic rings. The Kier molecular flexibility index (Phi) is 6.81. The third-order valence-corrected chi connectivity index (χ3v) is 4.41. The predicted octanol–water partition coefficient (Wildman–Crippen LogP) is 3.68. The zero-order chi connectivity index (χ0) is 22.4. The molecule has 2 aromatic carbocycles. The molecule has 1 aromatic heterocycles. The maximum Gasteiger partial charge on any atom is 0.357 e. The zero-order valence-corrected chi connectivity index (χ0v) is 17.5. The van der Waals surface area contributed by atoms with Crippen molar-refractivity contribution in [3.8, 4) is 16.9 Å². The molecule has 0 saturated carbocycles. The molecule has 31 heavy (non-hydrogen) atoms. The number of benzene rings is 2. The molecule has 8 nitrogen and oxygen atoms in total. The van der Waals surface area contributed by atoms with Crippen molar-refractivity contribution < 1.29 is 28.6 Å². The summed E-state index contributed by atoms with van der Waals surface area (Å²) < 4.78 is 16.5. The number of hydrogen-bond donors (Lipinski definition) is 0. The highest BCUT2D eigenvalue weighted by Gasteiger charge is 2.31. The van der Waals surface area contributed by atoms with Gasteiger partial charge in [0.05, 0.1) is 31.6 Å². The quantitative estimate of drug-likeness (QED) is 0.423. The maximum atomic E-state index is 12.9. The number of carbonyl (C=O) groups excluding carboxylic acids is 3. The molecule has 1 heterocycles. The first-order chi connectivity index (χ1) is 15.0. The van der Waals surface area contributed by atoms with Crippen LogP contribution >= 0.6 is 0 Å². The first-order valence-electron chi connectivity index (χ1n) is 9.73. The number of methoxy groups -OCH3 is 1. The third-order valence-electron chi connectivity index (χ3n) is 4.41. The van der Waals surface area contributed by atoms with Crippen LogP contribution in [-0.4, -0.2) is 48.0 Å². The van der Waals surface area contributed by atoms with Crippen LogP contribution in [-0.2, 0) is 14.2 Å². The minimum absolute atomic E-state index is 0.00466. The van der Waals surface area contributed by atoms with Crippen molar-refractivity contribution in [3.63, 3.8) is 0 Å². The van der Waals surface area contributed by atoms with E-state index in [1.54, 1.807) is 62.4 Å². The summed E-state index contributed by atoms with van der Waals surface area (Å²) in [5.74, 6) is -1.88. The van der Waals surface area contributed by atoms with E-state index in [4.69, 9.17) is 14.2 Å². The maximum absolute atomic E-state index is 12.9. The first kappa shape index (κ1) is 21.8. The lowest BCUT2D eigenvalue weighted by Crippen LogP contribution is -2.17. The van der Waals surface area contributed by atoms with Crippen LogP contribution in [0.5, 0.6) is 0 Å². The van der Waals surface area contributed by atoms with E-state index in [0.29, 0.717) is 16.8 Å². The lowest BCUT2D eigenvalue weighted by molar-refractivity contribution is 0.0473. The van der Waals surface area contributed by atoms with Crippen LogP contribution in [0.25, 0.3) is 16.9 Å². The monoisotopic (exact) mass is 422 g/mol. The Morgan fingerprint density at radius 2 is 1.45 bits per heavy atom. The highest BCUT2D eigenvalue weighted by molar-refractivity contribution is 6.07. The standard InChI is InChI=1S/C23H22N2O6/c1-4-30-22(27)18-19(15-11-13-16(14-12-15)21(26)29-3)24-25(17-9-7-6-8-10-17)20(18)23(28)31-5-2/h6-14H,4-5H2,1-3H3. The fraction of sp³-hybridized carbons (Fsp3) is 0.217. The van der Waals surface area contributed by atoms with Gasteiger partial charge in [0.2, 0.25) is 0 Å². The van der Waals surface area contributed by atoms with Gasteiger partial charge in [-0.25, -0.2) is 19.1 Å². The van der Waals surface area contributed by atoms with Crippen LogP contribution in [0.4, 0.5) is 0 Å². The Morgan fingerprint density at radius 1 is 0.839 bits per heavy atom. The van der Waals surface area contributed by atoms with Gasteiger partial charge < -0.3 is 14.2 Å². The normalized spacial score (nSPS) is 10.4. The Hall–Kier alpha value is -3.94. The van der Waals surface area contributed by atoms with E-state index in [0.717, 1.165) is 0 Å². The molecule has 3 rings (SSSR count). The molecule has 0 saturated heterocycles. The highest BCUT2D eigenvalue weighted by Crippen LogP contribution is 2.29. The molecule has 0 spiro atoms. The number of hydrogen-bond acceptors (Lipinski definition) is 7. The van der Waals surface area contributed by atoms with Gasteiger partial charge in [0.1, 0.15) is 11.3 Å². The summed E-state index contributed by atoms with van der Waals surface area (Å²) in [6.45, 7) is 3.61. The number of rotatable bonds is 7. The second-order valence-corrected chi connectivity index (χ2v) is 6.33. The summed E-state index contributed by atoms with van der Waals surface area (Å²) >= 11 is 0. The Balaban J connectivity index is 2.25. The van der Waals surface area contributed by atoms with E-state index >= 15 is 0 Å². The van der Waals surface area contributed by atoms with E-state index in [9.17, 15) is 14.4 Å². The van der Waals surface area contributed by atoms with Crippen molar-refractivity contribution in [3.05, 3.63) is 71.4 Å². The van der Waals surface area contributed by atoms with E-state index in [1.807, 2.05) is 6.07 Å². The molecular weight excluding hydrogens is 400 g/mol. The molecule has 0 atom stereocenters. The van der Waals surface area contributed by atoms with E-state index < -0.39 is 17.9 Å². The van der Waals surface area contributed by atoms with Gasteiger partial charge in [-0.3, -0.25) is 0 Å². The summed E-state index contributed by atoms with van der Waals surface area (Å²) in [6, 6.07) is 15.3. The smallest absolute Gasteiger partial charge is 0.357 e. The van der Waals surface area contributed by atoms with Crippen LogP contribution in [0.3, 0.4) is 0 Å². The summed E-state index contributed by atoms with van der Waals surface area (Å²) in [5, 5.41) is 4.55. The molecule has 0 unspecified atom stereocenters. The minimum atomic E-state index is -0.695. The van der Waals surface area contributed by atoms with Crippen LogP contribution < -0.4 is 0 Å². The number of ether oxygens (including phenoxy) is 3. The lowest BCUT2D eigenvalue weighted by atomic mass is 10.0. The fourth-order valence-electron chi connectivity index (χ4n) is 3.04. The van der Waals surface area contributed by atoms with Crippen LogP contribution in [0.15, 0.2) is 54.6 Å². The second kappa shape index (κ2) is 9.71. The zero-order valence-electron chi connectivity index (χ0n) is 17.5. The van der Waals surface area contributed by atoms with E-state index in [1.165, 1.54) is 11.8 Å². The molecule has 0 radical (unpaired) electrons. The predicted molar refractivity (Wildman–Crippen MR) is 112 cm³/mol. The molecule has 0 N–H and O–H groups in total. The van der Waals surface area contributed by atoms with Crippen molar-refractivity contribution in [1.82, 2.24) is 9.78 Å². The van der Waals surface area contributed by atoms with Crippen molar-refractivity contribution in [1.29, 1.82) is 0 Å². The van der Waals surface area contributed by atoms with E-state index in [2.05, 4.69) is 5.10 Å². The average molecular weight is 422 g/mol. The molecule has 0 aliphatic heterocycles. The van der Waals surface area contributed by atoms with Gasteiger partial charge in [-0.1, -0.05) is 30.3 Å². The molecule has 0 fully saturated rings. The first-order valence-corrected chi connectivity index (χ1v) is 9.73. The number of nitrogens with zero attached hydrogens (tertiary/aromatic N) is 2. The highest BCUT2D eigenvalue weighted by atomic mass is 16.5. The van der Waals surface area contributed by atoms with Gasteiger partial charge in [-0.05, 0) is 38.1 Å². The van der Waals surface area contributed by atoms with Gasteiger partial charge in [0, 0.05) is 5.56 Å². The third kappa shape index (κ3) is 4.48. The van der Waals surface area contributed by atoms with Gasteiger partial charge in [0.15, 0.2) is 5.69 Å². The average Bonchev–Trinajstić information content (AvgIpc) is 3.20. The lowest BCUT2D eigenvalue weighted by Gasteiger charge is -2.08. The summed E-state index contributed by atoms with van der Waals surface area (Å²) in [5.41, 5.74) is 1.65. The van der Waals surface area contributed by atoms with Crippen LogP contribution in [0, 0.1) is 0 Å². The van der Waals surface area contributed by atoms with Gasteiger partial charge in [-0.15, -0.1) is 0 Å². The SMILES string of the molecule is CCOC(=O)c1c(-c2ccc(C(=O)OC)cc2)nn(-c2ccccc2)c1C(=O)OCC. The summed E-state index contributed by atoms with van der Waals surface area (Å²) in [4.78, 5) is 37.5. The van der Waals surface area contributed by atoms with Crippen molar-refractivity contribution in [2.75, 3.05) is 20.3 Å². The number of para-hydroxylation sites is 1. The fourth-order valence-corrected chi connectivity index (χ4v) is 3.04. The number of esters is 3. The number of aromatic nitrogens is 2. The molecule has 0 bridgehead atoms. The molecular formula is C23H22N2O6. The van der Waals surface area contributed by atoms with E-state index in [-0.39, 0.29) is 30.2 Å². The Bertz CT molecular complexity index is 1090. The molecule has 8 heteroatoms. The molecule has 0 aliphatic carbocycles. The Labute approximate surface area is 179 Å². The minimum Gasteiger partial charge on any atom is -0.465 e. The molecule has 160 valence electrons. The molecule has 0 amide bonds. The van der Waals surface area contributed by atoms with Crippen molar-refractivity contribution in [2.45, 2.75) is 13.8 Å². The molecule has 0 aliphatic rings. The Morgan fingerprint density at radius 3 is 2.03 bits per heavy atom. The largest absolute Gasteiger partial charge is 0.465 e. The van der Waals surface area contributed by atoms with Crippen LogP contribution in [0.1, 0.15) is 45.1 Å². The van der Waals surface area contributed by atoms with Gasteiger partial charge in [-0.2, -0.15) is 5.10 Å². The second-order valence-electron chi connectivity index (χ2n) is 6.33. The summed E-state index contributed by atoms with van der Waals surface area (Å²) in [7, 11) is 1.29. The van der Waals surface area contributed by atoms with Gasteiger partial charge in [0.25, 0.3) is 0 Å². The number of carbonyl (C=O) groups is 3. The van der Waals surface area contributed by atoms with Crippen molar-refractivity contribution in [2.24, 2.45) is 0 Å². The van der Waals surface area contributed by atoms with Crippen LogP contribution in [0.2, 0.25) is 0 Å². The van der Waals surface area contributed by atoms with Gasteiger partial charge >= 0.3 is 17.9 Å². The summed E-state index contributed by atoms with van der Waals surface area (Å²) in [6.07, 6.45) is 0. The van der Waals surface area contributed by atoms with Crippen molar-refractivity contribution >= 4 is 17.9 Å². The topological polar surface area (TPSA) is 96.7 Å².